The van der Waals surface area contributed by atoms with Gasteiger partial charge in [0.25, 0.3) is 0 Å². The van der Waals surface area contributed by atoms with E-state index in [2.05, 4.69) is 0 Å². The summed E-state index contributed by atoms with van der Waals surface area (Å²) in [4.78, 5) is 90.0. The van der Waals surface area contributed by atoms with Gasteiger partial charge in [0.1, 0.15) is 0 Å². The van der Waals surface area contributed by atoms with Gasteiger partial charge >= 0.3 is 0 Å². The summed E-state index contributed by atoms with van der Waals surface area (Å²) in [5.74, 6) is 2.19. The van der Waals surface area contributed by atoms with E-state index < -0.39 is 0 Å². The molecule has 0 N–H and O–H groups in total. The average Bonchev–Trinajstić information content (AvgIpc) is 4.28. The van der Waals surface area contributed by atoms with Crippen LogP contribution in [0.1, 0.15) is 193 Å². The summed E-state index contributed by atoms with van der Waals surface area (Å²) in [5.41, 5.74) is 0. The third kappa shape index (κ3) is 28.6. The van der Waals surface area contributed by atoms with Crippen LogP contribution in [0.5, 0.6) is 0 Å². The van der Waals surface area contributed by atoms with E-state index in [1.54, 1.807) is 0 Å². The lowest BCUT2D eigenvalue weighted by Gasteiger charge is -2.26. The van der Waals surface area contributed by atoms with Gasteiger partial charge in [0, 0.05) is 0 Å². The van der Waals surface area contributed by atoms with Gasteiger partial charge in [-0.3, -0.25) is 0 Å². The van der Waals surface area contributed by atoms with E-state index in [0.29, 0.717) is 191 Å². The molecule has 0 aromatic carbocycles. The van der Waals surface area contributed by atoms with E-state index in [1.807, 2.05) is 0 Å². The van der Waals surface area contributed by atoms with Crippen LogP contribution in [0.4, 0.5) is 0 Å². The lowest BCUT2D eigenvalue weighted by Crippen LogP contribution is -2.28. The van der Waals surface area contributed by atoms with Crippen molar-refractivity contribution in [3.63, 3.8) is 0 Å². The summed E-state index contributed by atoms with van der Waals surface area (Å²) >= 11 is 0. The number of ether oxygens (including phenoxy) is 4. The first-order chi connectivity index (χ1) is 39.7. The van der Waals surface area contributed by atoms with Crippen LogP contribution < -0.4 is 0 Å². The van der Waals surface area contributed by atoms with Crippen molar-refractivity contribution in [2.45, 2.75) is 241 Å². The van der Waals surface area contributed by atoms with Gasteiger partial charge < -0.3 is 18.9 Å². The van der Waals surface area contributed by atoms with Crippen LogP contribution in [0, 0.1) is 35.5 Å². The predicted molar refractivity (Wildman–Crippen MR) is 289 cm³/mol. The Bertz CT molecular complexity index is 1420. The molecule has 8 aliphatic rings. The van der Waals surface area contributed by atoms with E-state index in [-0.39, 0.29) is 11.8 Å². The second-order valence-electron chi connectivity index (χ2n) is 24.2. The first-order valence-corrected chi connectivity index (χ1v) is 32.3. The zero-order valence-electron chi connectivity index (χ0n) is 48.8. The summed E-state index contributed by atoms with van der Waals surface area (Å²) in [6.45, 7) is 8.56. The Labute approximate surface area is 478 Å². The highest BCUT2D eigenvalue weighted by atomic mass is 17.2. The molecule has 4 saturated heterocycles. The Hall–Kier alpha value is -0.800. The van der Waals surface area contributed by atoms with Crippen LogP contribution in [0.2, 0.25) is 0 Å². The molecule has 8 fully saturated rings. The summed E-state index contributed by atoms with van der Waals surface area (Å²) in [7, 11) is 0. The zero-order chi connectivity index (χ0) is 54.8. The van der Waals surface area contributed by atoms with Crippen molar-refractivity contribution in [3.8, 4) is 0 Å². The maximum atomic E-state index is 5.90. The van der Waals surface area contributed by atoms with Crippen LogP contribution in [-0.4, -0.2) is 155 Å². The Kier molecular flexibility index (Phi) is 33.0. The lowest BCUT2D eigenvalue weighted by atomic mass is 9.88. The molecule has 20 heteroatoms. The number of hydrogen-bond acceptors (Lipinski definition) is 20. The fourth-order valence-corrected chi connectivity index (χ4v) is 12.0. The van der Waals surface area contributed by atoms with Crippen molar-refractivity contribution >= 4 is 0 Å². The van der Waals surface area contributed by atoms with Crippen LogP contribution in [0.3, 0.4) is 0 Å². The Balaban J connectivity index is 0.675. The first kappa shape index (κ1) is 65.2. The number of fused-ring (bicyclic) bond motifs is 4. The maximum Gasteiger partial charge on any atom is 0.0854 e. The molecule has 0 bridgehead atoms. The fraction of sp³-hybridized carbons (Fsp3) is 1.00. The predicted octanol–water partition coefficient (Wildman–Crippen LogP) is 11.1. The van der Waals surface area contributed by atoms with Gasteiger partial charge in [0.2, 0.25) is 0 Å². The third-order valence-electron chi connectivity index (χ3n) is 17.5. The molecule has 0 aromatic rings. The van der Waals surface area contributed by atoms with Gasteiger partial charge in [0.05, 0.1) is 155 Å². The first-order valence-electron chi connectivity index (χ1n) is 32.3. The SMILES string of the molecule is C(CCCOOCC1CCC2OC2C1)CCOOCCC(COOCCCCCCOOCC1CCC2OC2C1)C(CCOOCCCCCCOOCC1CCC2OC2C1)COOCCCCCCOOCC1CCC2OC2C1. The molecular formula is C60H106O20. The highest BCUT2D eigenvalue weighted by molar-refractivity contribution is 4.94. The molecule has 8 rings (SSSR count). The van der Waals surface area contributed by atoms with Gasteiger partial charge in [-0.05, 0) is 177 Å². The third-order valence-corrected chi connectivity index (χ3v) is 17.5. The quantitative estimate of drug-likeness (QED) is 0.0241. The van der Waals surface area contributed by atoms with Gasteiger partial charge in [-0.2, -0.15) is 0 Å². The molecule has 0 spiro atoms. The molecule has 0 amide bonds. The van der Waals surface area contributed by atoms with Crippen LogP contribution in [0.15, 0.2) is 0 Å². The molecule has 4 saturated carbocycles. The van der Waals surface area contributed by atoms with E-state index >= 15 is 0 Å². The normalized spacial score (nSPS) is 29.9. The van der Waals surface area contributed by atoms with Gasteiger partial charge in [0.15, 0.2) is 0 Å². The van der Waals surface area contributed by atoms with Crippen LogP contribution in [-0.2, 0) is 97.1 Å². The molecule has 80 heavy (non-hydrogen) atoms. The summed E-state index contributed by atoms with van der Waals surface area (Å²) in [6.07, 6.45) is 34.4. The number of hydrogen-bond donors (Lipinski definition) is 0. The Morgan fingerprint density at radius 3 is 0.700 bits per heavy atom. The van der Waals surface area contributed by atoms with Crippen molar-refractivity contribution in [2.75, 3.05) is 106 Å². The van der Waals surface area contributed by atoms with Gasteiger partial charge in [-0.15, -0.1) is 0 Å². The van der Waals surface area contributed by atoms with Crippen molar-refractivity contribution in [1.82, 2.24) is 0 Å². The van der Waals surface area contributed by atoms with Crippen molar-refractivity contribution in [1.29, 1.82) is 0 Å². The molecule has 466 valence electrons. The van der Waals surface area contributed by atoms with E-state index in [4.69, 9.17) is 97.1 Å². The highest BCUT2D eigenvalue weighted by Crippen LogP contribution is 2.42. The molecule has 14 atom stereocenters. The zero-order valence-corrected chi connectivity index (χ0v) is 48.8. The standard InChI is InChI=1S/C60H106O20/c1(3-11-29-63-71-41-47-17-21-53-57(37-47)77-53)9-27-61-69-35-25-51(45-75-67-33-15-7-5-13-31-65-73-43-49-19-23-55-59(39-49)79-55)52(46-76-68-34-16-8-6-14-32-66-74-44-50-20-24-56-60(40-50)80-56)26-36-70-62-28-10-2-4-12-30-64-72-42-48-18-22-54-58(38-48)78-54/h47-60H,1-46H2. The minimum Gasteiger partial charge on any atom is -0.370 e. The fourth-order valence-electron chi connectivity index (χ4n) is 12.0. The summed E-state index contributed by atoms with van der Waals surface area (Å²) in [6, 6.07) is 0. The molecule has 20 nitrogen and oxygen atoms in total. The van der Waals surface area contributed by atoms with Crippen molar-refractivity contribution in [2.24, 2.45) is 35.5 Å². The Morgan fingerprint density at radius 2 is 0.450 bits per heavy atom. The largest absolute Gasteiger partial charge is 0.370 e. The summed E-state index contributed by atoms with van der Waals surface area (Å²) in [5, 5.41) is 0. The molecule has 4 heterocycles. The second-order valence-corrected chi connectivity index (χ2v) is 24.2. The van der Waals surface area contributed by atoms with E-state index in [9.17, 15) is 0 Å². The van der Waals surface area contributed by atoms with Crippen molar-refractivity contribution in [3.05, 3.63) is 0 Å². The number of unbranched alkanes of at least 4 members (excludes halogenated alkanes) is 12. The van der Waals surface area contributed by atoms with E-state index in [1.165, 1.54) is 0 Å². The molecule has 0 aromatic heterocycles. The smallest absolute Gasteiger partial charge is 0.0854 e. The summed E-state index contributed by atoms with van der Waals surface area (Å²) < 4.78 is 22.5. The van der Waals surface area contributed by atoms with Crippen LogP contribution in [0.25, 0.3) is 0 Å². The van der Waals surface area contributed by atoms with Crippen LogP contribution >= 0.6 is 0 Å². The molecule has 4 aliphatic carbocycles. The molecule has 14 unspecified atom stereocenters. The minimum absolute atomic E-state index is 0.00167. The lowest BCUT2D eigenvalue weighted by molar-refractivity contribution is -0.328. The van der Waals surface area contributed by atoms with E-state index in [0.717, 1.165) is 180 Å². The highest BCUT2D eigenvalue weighted by Gasteiger charge is 2.46. The second kappa shape index (κ2) is 40.6. The number of epoxide rings is 4. The van der Waals surface area contributed by atoms with Gasteiger partial charge in [-0.25, -0.2) is 78.2 Å². The number of rotatable bonds is 55. The molecular weight excluding hydrogens is 1040 g/mol. The molecule has 0 radical (unpaired) electrons. The minimum atomic E-state index is 0.00167. The topological polar surface area (TPSA) is 198 Å². The molecule has 4 aliphatic heterocycles. The maximum absolute atomic E-state index is 5.90. The Morgan fingerprint density at radius 1 is 0.225 bits per heavy atom. The van der Waals surface area contributed by atoms with Crippen molar-refractivity contribution < 1.29 is 97.1 Å². The monoisotopic (exact) mass is 1150 g/mol. The average molecular weight is 1150 g/mol. The van der Waals surface area contributed by atoms with Gasteiger partial charge in [-0.1, -0.05) is 51.4 Å².